The molecule has 1 fully saturated rings. The van der Waals surface area contributed by atoms with Gasteiger partial charge in [-0.15, -0.1) is 10.2 Å². The highest BCUT2D eigenvalue weighted by Gasteiger charge is 2.33. The van der Waals surface area contributed by atoms with Gasteiger partial charge in [-0.2, -0.15) is 0 Å². The highest BCUT2D eigenvalue weighted by Crippen LogP contribution is 2.34. The minimum Gasteiger partial charge on any atom is -0.497 e. The van der Waals surface area contributed by atoms with E-state index in [9.17, 15) is 4.79 Å². The maximum atomic E-state index is 11.6. The first kappa shape index (κ1) is 16.1. The molecule has 23 heavy (non-hydrogen) atoms. The van der Waals surface area contributed by atoms with Crippen LogP contribution in [0.3, 0.4) is 0 Å². The van der Waals surface area contributed by atoms with Crippen molar-refractivity contribution in [2.75, 3.05) is 12.4 Å². The summed E-state index contributed by atoms with van der Waals surface area (Å²) in [7, 11) is 1.65. The molecule has 0 radical (unpaired) electrons. The third-order valence-corrected chi connectivity index (χ3v) is 5.55. The monoisotopic (exact) mass is 351 g/mol. The summed E-state index contributed by atoms with van der Waals surface area (Å²) in [6.45, 7) is 2.56. The highest BCUT2D eigenvalue weighted by atomic mass is 32.2. The van der Waals surface area contributed by atoms with E-state index in [2.05, 4.69) is 15.5 Å². The van der Waals surface area contributed by atoms with Gasteiger partial charge in [0.05, 0.1) is 7.11 Å². The first-order chi connectivity index (χ1) is 11.1. The zero-order chi connectivity index (χ0) is 16.2. The van der Waals surface area contributed by atoms with Crippen molar-refractivity contribution in [3.05, 3.63) is 29.8 Å². The van der Waals surface area contributed by atoms with E-state index in [1.807, 2.05) is 31.2 Å². The van der Waals surface area contributed by atoms with Crippen LogP contribution in [0.2, 0.25) is 0 Å². The quantitative estimate of drug-likeness (QED) is 0.802. The summed E-state index contributed by atoms with van der Waals surface area (Å²) in [4.78, 5) is 11.6. The summed E-state index contributed by atoms with van der Waals surface area (Å²) in [6.07, 6.45) is 0.707. The van der Waals surface area contributed by atoms with Crippen LogP contribution in [-0.2, 0) is 16.1 Å². The number of carbonyl (C=O) groups excluding carboxylic acids is 1. The van der Waals surface area contributed by atoms with Crippen molar-refractivity contribution in [1.29, 1.82) is 0 Å². The molecule has 0 spiro atoms. The van der Waals surface area contributed by atoms with Crippen LogP contribution in [0.4, 0.5) is 5.13 Å². The van der Waals surface area contributed by atoms with Crippen molar-refractivity contribution in [3.8, 4) is 5.75 Å². The van der Waals surface area contributed by atoms with Gasteiger partial charge in [0, 0.05) is 13.0 Å². The van der Waals surface area contributed by atoms with E-state index >= 15 is 0 Å². The Morgan fingerprint density at radius 3 is 2.83 bits per heavy atom. The van der Waals surface area contributed by atoms with Gasteiger partial charge in [0.2, 0.25) is 5.13 Å². The van der Waals surface area contributed by atoms with Crippen molar-refractivity contribution < 1.29 is 14.3 Å². The molecule has 2 atom stereocenters. The van der Waals surface area contributed by atoms with Gasteiger partial charge >= 0.3 is 5.97 Å². The van der Waals surface area contributed by atoms with Crippen molar-refractivity contribution in [1.82, 2.24) is 10.2 Å². The molecule has 1 aromatic carbocycles. The largest absolute Gasteiger partial charge is 0.497 e. The molecule has 1 aromatic heterocycles. The number of carbonyl (C=O) groups is 1. The summed E-state index contributed by atoms with van der Waals surface area (Å²) >= 11 is 2.87. The first-order valence-electron chi connectivity index (χ1n) is 7.21. The Balaban J connectivity index is 1.53. The number of benzene rings is 1. The Morgan fingerprint density at radius 1 is 1.39 bits per heavy atom. The minimum atomic E-state index is -0.174. The topological polar surface area (TPSA) is 73.3 Å². The molecule has 1 aliphatic rings. The summed E-state index contributed by atoms with van der Waals surface area (Å²) in [5.41, 5.74) is 1.13. The van der Waals surface area contributed by atoms with E-state index in [0.29, 0.717) is 6.54 Å². The van der Waals surface area contributed by atoms with Crippen LogP contribution in [-0.4, -0.2) is 34.6 Å². The summed E-state index contributed by atoms with van der Waals surface area (Å²) in [5, 5.41) is 12.0. The molecule has 3 rings (SSSR count). The van der Waals surface area contributed by atoms with Crippen molar-refractivity contribution in [3.63, 3.8) is 0 Å². The Kier molecular flexibility index (Phi) is 5.02. The number of ether oxygens (including phenoxy) is 2. The smallest absolute Gasteiger partial charge is 0.319 e. The molecule has 0 bridgehead atoms. The van der Waals surface area contributed by atoms with E-state index in [4.69, 9.17) is 9.47 Å². The maximum absolute atomic E-state index is 11.6. The van der Waals surface area contributed by atoms with Gasteiger partial charge in [-0.25, -0.2) is 0 Å². The number of hydrogen-bond donors (Lipinski definition) is 1. The predicted molar refractivity (Wildman–Crippen MR) is 90.0 cm³/mol. The fourth-order valence-corrected chi connectivity index (χ4v) is 4.29. The van der Waals surface area contributed by atoms with Gasteiger partial charge in [0.25, 0.3) is 0 Å². The lowest BCUT2D eigenvalue weighted by atomic mass is 10.2. The Morgan fingerprint density at radius 2 is 2.17 bits per heavy atom. The number of nitrogens with zero attached hydrogens (tertiary/aromatic N) is 2. The molecule has 8 heteroatoms. The zero-order valence-corrected chi connectivity index (χ0v) is 14.4. The summed E-state index contributed by atoms with van der Waals surface area (Å²) in [5.74, 6) is 0.673. The van der Waals surface area contributed by atoms with Gasteiger partial charge in [-0.3, -0.25) is 4.79 Å². The third kappa shape index (κ3) is 4.14. The molecular weight excluding hydrogens is 334 g/mol. The highest BCUT2D eigenvalue weighted by molar-refractivity contribution is 8.02. The molecule has 1 aliphatic heterocycles. The van der Waals surface area contributed by atoms with Crippen molar-refractivity contribution >= 4 is 34.2 Å². The molecule has 2 aromatic rings. The number of esters is 1. The van der Waals surface area contributed by atoms with E-state index in [-0.39, 0.29) is 17.3 Å². The van der Waals surface area contributed by atoms with E-state index < -0.39 is 0 Å². The average molecular weight is 351 g/mol. The normalized spacial score (nSPS) is 20.3. The molecule has 1 saturated heterocycles. The Labute approximate surface area is 142 Å². The lowest BCUT2D eigenvalue weighted by Gasteiger charge is -2.04. The molecule has 0 saturated carbocycles. The Hall–Kier alpha value is -1.80. The number of thioether (sulfide) groups is 1. The molecule has 1 N–H and O–H groups in total. The minimum absolute atomic E-state index is 0.0133. The van der Waals surface area contributed by atoms with Crippen LogP contribution in [0, 0.1) is 0 Å². The van der Waals surface area contributed by atoms with Crippen LogP contribution >= 0.6 is 23.1 Å². The van der Waals surface area contributed by atoms with Gasteiger partial charge in [-0.05, 0) is 24.6 Å². The van der Waals surface area contributed by atoms with E-state index in [1.165, 1.54) is 23.1 Å². The maximum Gasteiger partial charge on any atom is 0.319 e. The first-order valence-corrected chi connectivity index (χ1v) is 8.91. The zero-order valence-electron chi connectivity index (χ0n) is 12.8. The number of hydrogen-bond acceptors (Lipinski definition) is 8. The number of nitrogens with one attached hydrogen (secondary N) is 1. The molecule has 122 valence electrons. The van der Waals surface area contributed by atoms with Crippen LogP contribution < -0.4 is 10.1 Å². The van der Waals surface area contributed by atoms with Gasteiger partial charge < -0.3 is 14.8 Å². The average Bonchev–Trinajstić information content (AvgIpc) is 3.12. The SMILES string of the molecule is COc1ccc(CNc2nnc(SC3CC(C)OC3=O)s2)cc1. The Bertz CT molecular complexity index is 675. The van der Waals surface area contributed by atoms with E-state index in [1.54, 1.807) is 7.11 Å². The van der Waals surface area contributed by atoms with Gasteiger partial charge in [0.1, 0.15) is 17.1 Å². The molecular formula is C15H17N3O3S2. The number of aromatic nitrogens is 2. The van der Waals surface area contributed by atoms with Crippen molar-refractivity contribution in [2.45, 2.75) is 35.6 Å². The number of anilines is 1. The fraction of sp³-hybridized carbons (Fsp3) is 0.400. The molecule has 0 amide bonds. The second-order valence-corrected chi connectivity index (χ2v) is 7.59. The lowest BCUT2D eigenvalue weighted by molar-refractivity contribution is -0.140. The fourth-order valence-electron chi connectivity index (χ4n) is 2.19. The summed E-state index contributed by atoms with van der Waals surface area (Å²) in [6, 6.07) is 7.84. The molecule has 0 aliphatic carbocycles. The standard InChI is InChI=1S/C15H17N3O3S2/c1-9-7-12(13(19)21-9)22-15-18-17-14(23-15)16-8-10-3-5-11(20-2)6-4-10/h3-6,9,12H,7-8H2,1-2H3,(H,16,17). The molecule has 2 heterocycles. The molecule has 6 nitrogen and oxygen atoms in total. The number of methoxy groups -OCH3 is 1. The number of rotatable bonds is 6. The number of cyclic esters (lactones) is 1. The van der Waals surface area contributed by atoms with Gasteiger partial charge in [0.15, 0.2) is 4.34 Å². The van der Waals surface area contributed by atoms with Crippen LogP contribution in [0.15, 0.2) is 28.6 Å². The molecule has 2 unspecified atom stereocenters. The van der Waals surface area contributed by atoms with Crippen LogP contribution in [0.1, 0.15) is 18.9 Å². The second kappa shape index (κ2) is 7.18. The van der Waals surface area contributed by atoms with Crippen LogP contribution in [0.5, 0.6) is 5.75 Å². The third-order valence-electron chi connectivity index (χ3n) is 3.38. The predicted octanol–water partition coefficient (Wildman–Crippen LogP) is 2.95. The second-order valence-electron chi connectivity index (χ2n) is 5.16. The van der Waals surface area contributed by atoms with Crippen molar-refractivity contribution in [2.24, 2.45) is 0 Å². The van der Waals surface area contributed by atoms with Crippen LogP contribution in [0.25, 0.3) is 0 Å². The summed E-state index contributed by atoms with van der Waals surface area (Å²) < 4.78 is 11.1. The van der Waals surface area contributed by atoms with Gasteiger partial charge in [-0.1, -0.05) is 35.2 Å². The van der Waals surface area contributed by atoms with E-state index in [0.717, 1.165) is 27.2 Å². The lowest BCUT2D eigenvalue weighted by Crippen LogP contribution is -2.08.